The molecule has 146 valence electrons. The second kappa shape index (κ2) is 8.63. The Balaban J connectivity index is 0.00000261. The van der Waals surface area contributed by atoms with Gasteiger partial charge < -0.3 is 15.4 Å². The number of benzene rings is 2. The molecule has 8 heteroatoms. The fraction of sp³-hybridized carbons (Fsp3) is 0.316. The average Bonchev–Trinajstić information content (AvgIpc) is 3.02. The van der Waals surface area contributed by atoms with E-state index < -0.39 is 18.3 Å². The summed E-state index contributed by atoms with van der Waals surface area (Å²) in [5.41, 5.74) is 6.29. The summed E-state index contributed by atoms with van der Waals surface area (Å²) in [6, 6.07) is 14.3. The summed E-state index contributed by atoms with van der Waals surface area (Å²) < 4.78 is 44.1. The summed E-state index contributed by atoms with van der Waals surface area (Å²) in [6.45, 7) is 0.318. The monoisotopic (exact) mass is 400 g/mol. The molecule has 0 saturated carbocycles. The van der Waals surface area contributed by atoms with Crippen LogP contribution in [0.5, 0.6) is 5.75 Å². The highest BCUT2D eigenvalue weighted by Gasteiger charge is 2.36. The van der Waals surface area contributed by atoms with E-state index in [1.165, 1.54) is 18.2 Å². The van der Waals surface area contributed by atoms with E-state index in [1.54, 1.807) is 4.90 Å². The predicted molar refractivity (Wildman–Crippen MR) is 97.9 cm³/mol. The number of hydrogen-bond donors (Lipinski definition) is 1. The van der Waals surface area contributed by atoms with Crippen molar-refractivity contribution in [1.29, 1.82) is 0 Å². The Morgan fingerprint density at radius 2 is 1.70 bits per heavy atom. The molecule has 27 heavy (non-hydrogen) atoms. The number of rotatable bonds is 4. The molecule has 1 heterocycles. The molecule has 1 saturated heterocycles. The molecule has 1 amide bonds. The molecule has 0 bridgehead atoms. The van der Waals surface area contributed by atoms with Crippen LogP contribution in [0, 0.1) is 0 Å². The molecule has 1 aliphatic rings. The van der Waals surface area contributed by atoms with Crippen LogP contribution in [0.3, 0.4) is 0 Å². The van der Waals surface area contributed by atoms with Crippen LogP contribution in [0.15, 0.2) is 54.6 Å². The molecule has 1 fully saturated rings. The van der Waals surface area contributed by atoms with Crippen molar-refractivity contribution in [3.8, 4) is 5.75 Å². The van der Waals surface area contributed by atoms with E-state index in [9.17, 15) is 18.0 Å². The number of hydrogen-bond acceptors (Lipinski definition) is 3. The van der Waals surface area contributed by atoms with Gasteiger partial charge in [0.2, 0.25) is 0 Å². The lowest BCUT2D eigenvalue weighted by atomic mass is 9.95. The van der Waals surface area contributed by atoms with Gasteiger partial charge in [-0.3, -0.25) is 4.79 Å². The Labute approximate surface area is 161 Å². The lowest BCUT2D eigenvalue weighted by molar-refractivity contribution is -0.140. The number of ether oxygens (including phenoxy) is 1. The molecule has 1 aliphatic heterocycles. The smallest absolute Gasteiger partial charge is 0.419 e. The number of carbonyl (C=O) groups excluding carboxylic acids is 1. The SMILES string of the molecule is Cl.N[C@@H]1CN(C(=O)COc2ccccc2C(F)(F)F)C[C@H]1c1ccccc1. The van der Waals surface area contributed by atoms with Crippen molar-refractivity contribution in [3.63, 3.8) is 0 Å². The van der Waals surface area contributed by atoms with Crippen LogP contribution in [0.4, 0.5) is 13.2 Å². The Hall–Kier alpha value is -2.25. The van der Waals surface area contributed by atoms with Crippen LogP contribution in [-0.4, -0.2) is 36.5 Å². The molecule has 2 atom stereocenters. The van der Waals surface area contributed by atoms with Crippen molar-refractivity contribution in [2.75, 3.05) is 19.7 Å². The van der Waals surface area contributed by atoms with Crippen molar-refractivity contribution in [1.82, 2.24) is 4.90 Å². The Kier molecular flexibility index (Phi) is 6.73. The highest BCUT2D eigenvalue weighted by atomic mass is 35.5. The molecule has 0 radical (unpaired) electrons. The number of para-hydroxylation sites is 1. The van der Waals surface area contributed by atoms with E-state index in [2.05, 4.69) is 0 Å². The van der Waals surface area contributed by atoms with Crippen LogP contribution in [0.1, 0.15) is 17.0 Å². The van der Waals surface area contributed by atoms with Crippen molar-refractivity contribution in [2.45, 2.75) is 18.1 Å². The average molecular weight is 401 g/mol. The van der Waals surface area contributed by atoms with Gasteiger partial charge in [-0.25, -0.2) is 0 Å². The standard InChI is InChI=1S/C19H19F3N2O2.ClH/c20-19(21,22)15-8-4-5-9-17(15)26-12-18(25)24-10-14(16(23)11-24)13-6-2-1-3-7-13;/h1-9,14,16H,10-12,23H2;1H/t14-,16+;/m0./s1. The van der Waals surface area contributed by atoms with E-state index in [4.69, 9.17) is 10.5 Å². The van der Waals surface area contributed by atoms with Crippen LogP contribution in [0.25, 0.3) is 0 Å². The van der Waals surface area contributed by atoms with Gasteiger partial charge in [0.25, 0.3) is 5.91 Å². The first-order valence-electron chi connectivity index (χ1n) is 8.23. The maximum absolute atomic E-state index is 13.0. The van der Waals surface area contributed by atoms with Crippen LogP contribution in [0.2, 0.25) is 0 Å². The van der Waals surface area contributed by atoms with Crippen molar-refractivity contribution in [3.05, 3.63) is 65.7 Å². The topological polar surface area (TPSA) is 55.6 Å². The number of amides is 1. The lowest BCUT2D eigenvalue weighted by Crippen LogP contribution is -2.35. The zero-order valence-electron chi connectivity index (χ0n) is 14.4. The molecule has 4 nitrogen and oxygen atoms in total. The number of halogens is 4. The van der Waals surface area contributed by atoms with Crippen LogP contribution >= 0.6 is 12.4 Å². The summed E-state index contributed by atoms with van der Waals surface area (Å²) in [5, 5.41) is 0. The Morgan fingerprint density at radius 1 is 1.07 bits per heavy atom. The molecule has 0 aromatic heterocycles. The van der Waals surface area contributed by atoms with E-state index >= 15 is 0 Å². The molecule has 0 aliphatic carbocycles. The fourth-order valence-corrected chi connectivity index (χ4v) is 3.14. The Bertz CT molecular complexity index is 771. The van der Waals surface area contributed by atoms with Crippen molar-refractivity contribution in [2.24, 2.45) is 5.73 Å². The van der Waals surface area contributed by atoms with Gasteiger partial charge in [0.15, 0.2) is 6.61 Å². The van der Waals surface area contributed by atoms with E-state index in [0.717, 1.165) is 11.6 Å². The Morgan fingerprint density at radius 3 is 2.37 bits per heavy atom. The normalized spacial score (nSPS) is 19.5. The third-order valence-corrected chi connectivity index (χ3v) is 4.49. The van der Waals surface area contributed by atoms with Gasteiger partial charge in [-0.1, -0.05) is 42.5 Å². The van der Waals surface area contributed by atoms with E-state index in [1.807, 2.05) is 30.3 Å². The van der Waals surface area contributed by atoms with Crippen molar-refractivity contribution >= 4 is 18.3 Å². The number of nitrogens with two attached hydrogens (primary N) is 1. The van der Waals surface area contributed by atoms with Gasteiger partial charge >= 0.3 is 6.18 Å². The number of carbonyl (C=O) groups is 1. The summed E-state index contributed by atoms with van der Waals surface area (Å²) in [4.78, 5) is 13.9. The first-order chi connectivity index (χ1) is 12.4. The minimum atomic E-state index is -4.53. The number of nitrogens with zero attached hydrogens (tertiary/aromatic N) is 1. The molecule has 2 aromatic carbocycles. The third kappa shape index (κ3) is 4.93. The number of alkyl halides is 3. The van der Waals surface area contributed by atoms with Gasteiger partial charge in [0, 0.05) is 25.0 Å². The van der Waals surface area contributed by atoms with Crippen LogP contribution in [-0.2, 0) is 11.0 Å². The molecular formula is C19H20ClF3N2O2. The van der Waals surface area contributed by atoms with Gasteiger partial charge in [-0.15, -0.1) is 12.4 Å². The van der Waals surface area contributed by atoms with E-state index in [0.29, 0.717) is 13.1 Å². The highest BCUT2D eigenvalue weighted by Crippen LogP contribution is 2.36. The summed E-state index contributed by atoms with van der Waals surface area (Å²) in [5.74, 6) is -0.727. The highest BCUT2D eigenvalue weighted by molar-refractivity contribution is 5.85. The predicted octanol–water partition coefficient (Wildman–Crippen LogP) is 3.46. The fourth-order valence-electron chi connectivity index (χ4n) is 3.14. The maximum Gasteiger partial charge on any atom is 0.419 e. The number of likely N-dealkylation sites (tertiary alicyclic amines) is 1. The third-order valence-electron chi connectivity index (χ3n) is 4.49. The maximum atomic E-state index is 13.0. The molecule has 3 rings (SSSR count). The zero-order valence-corrected chi connectivity index (χ0v) is 15.2. The first kappa shape index (κ1) is 21.1. The van der Waals surface area contributed by atoms with Crippen molar-refractivity contribution < 1.29 is 22.7 Å². The second-order valence-electron chi connectivity index (χ2n) is 6.26. The van der Waals surface area contributed by atoms with Gasteiger partial charge in [-0.2, -0.15) is 13.2 Å². The summed E-state index contributed by atoms with van der Waals surface area (Å²) in [6.07, 6.45) is -4.53. The van der Waals surface area contributed by atoms with Gasteiger partial charge in [-0.05, 0) is 17.7 Å². The molecular weight excluding hydrogens is 381 g/mol. The van der Waals surface area contributed by atoms with Gasteiger partial charge in [0.1, 0.15) is 5.75 Å². The zero-order chi connectivity index (χ0) is 18.7. The first-order valence-corrected chi connectivity index (χ1v) is 8.23. The molecule has 0 unspecified atom stereocenters. The lowest BCUT2D eigenvalue weighted by Gasteiger charge is -2.18. The minimum absolute atomic E-state index is 0. The van der Waals surface area contributed by atoms with E-state index in [-0.39, 0.29) is 36.0 Å². The molecule has 2 aromatic rings. The summed E-state index contributed by atoms with van der Waals surface area (Å²) >= 11 is 0. The minimum Gasteiger partial charge on any atom is -0.483 e. The second-order valence-corrected chi connectivity index (χ2v) is 6.26. The quantitative estimate of drug-likeness (QED) is 0.855. The molecule has 2 N–H and O–H groups in total. The van der Waals surface area contributed by atoms with Crippen LogP contribution < -0.4 is 10.5 Å². The van der Waals surface area contributed by atoms with Gasteiger partial charge in [0.05, 0.1) is 5.56 Å². The summed E-state index contributed by atoms with van der Waals surface area (Å²) in [7, 11) is 0. The largest absolute Gasteiger partial charge is 0.483 e. The molecule has 0 spiro atoms.